The van der Waals surface area contributed by atoms with Gasteiger partial charge in [-0.15, -0.1) is 12.4 Å². The highest BCUT2D eigenvalue weighted by molar-refractivity contribution is 6.33. The molecule has 4 nitrogen and oxygen atoms in total. The number of benzene rings is 1. The summed E-state index contributed by atoms with van der Waals surface area (Å²) in [4.78, 5) is 15.3. The number of nitrogens with zero attached hydrogens (tertiary/aromatic N) is 1. The number of amides is 1. The maximum atomic E-state index is 12.9. The molecule has 6 rings (SSSR count). The molecule has 0 spiro atoms. The molecule has 1 saturated heterocycles. The molecular weight excluding hydrogens is 417 g/mol. The minimum atomic E-state index is -0.0121. The molecule has 0 aromatic heterocycles. The SMILES string of the molecule is Cl.O=C(NCCC12CC3CC(CC(C3)C1)C2)c1cc(CN2CCNCC2)ccc1Cl. The summed E-state index contributed by atoms with van der Waals surface area (Å²) < 4.78 is 0. The van der Waals surface area contributed by atoms with E-state index in [0.29, 0.717) is 16.0 Å². The maximum absolute atomic E-state index is 12.9. The van der Waals surface area contributed by atoms with E-state index in [1.165, 1.54) is 44.1 Å². The van der Waals surface area contributed by atoms with Crippen LogP contribution in [0.5, 0.6) is 0 Å². The van der Waals surface area contributed by atoms with E-state index in [-0.39, 0.29) is 18.3 Å². The van der Waals surface area contributed by atoms with E-state index in [0.717, 1.165) is 63.4 Å². The molecule has 5 fully saturated rings. The van der Waals surface area contributed by atoms with E-state index >= 15 is 0 Å². The molecule has 0 atom stereocenters. The predicted octanol–water partition coefficient (Wildman–Crippen LogP) is 4.50. The standard InChI is InChI=1S/C24H34ClN3O.ClH/c25-22-2-1-17(16-28-7-5-26-6-8-28)12-21(22)23(29)27-4-3-24-13-18-9-19(14-24)11-20(10-18)15-24;/h1-2,12,18-20,26H,3-11,13-16H2,(H,27,29);1H. The van der Waals surface area contributed by atoms with Gasteiger partial charge in [0.25, 0.3) is 5.91 Å². The number of piperazine rings is 1. The normalized spacial score (nSPS) is 32.6. The lowest BCUT2D eigenvalue weighted by Crippen LogP contribution is -2.47. The lowest BCUT2D eigenvalue weighted by atomic mass is 9.49. The molecule has 5 aliphatic rings. The summed E-state index contributed by atoms with van der Waals surface area (Å²) in [5.41, 5.74) is 2.31. The number of hydrogen-bond donors (Lipinski definition) is 2. The van der Waals surface area contributed by atoms with E-state index in [9.17, 15) is 4.79 Å². The molecular formula is C24H35Cl2N3O. The van der Waals surface area contributed by atoms with Gasteiger partial charge < -0.3 is 10.6 Å². The summed E-state index contributed by atoms with van der Waals surface area (Å²) in [7, 11) is 0. The molecule has 30 heavy (non-hydrogen) atoms. The largest absolute Gasteiger partial charge is 0.352 e. The summed E-state index contributed by atoms with van der Waals surface area (Å²) >= 11 is 6.38. The van der Waals surface area contributed by atoms with Crippen molar-refractivity contribution in [3.05, 3.63) is 34.3 Å². The van der Waals surface area contributed by atoms with Gasteiger partial charge in [-0.1, -0.05) is 17.7 Å². The average Bonchev–Trinajstić information content (AvgIpc) is 2.69. The first-order valence-corrected chi connectivity index (χ1v) is 12.0. The second-order valence-corrected chi connectivity index (χ2v) is 10.7. The number of carbonyl (C=O) groups excluding carboxylic acids is 1. The Bertz CT molecular complexity index is 728. The van der Waals surface area contributed by atoms with Gasteiger partial charge in [0.05, 0.1) is 10.6 Å². The van der Waals surface area contributed by atoms with Crippen LogP contribution in [0, 0.1) is 23.2 Å². The van der Waals surface area contributed by atoms with Gasteiger partial charge in [0.1, 0.15) is 0 Å². The van der Waals surface area contributed by atoms with Gasteiger partial charge in [0.15, 0.2) is 0 Å². The van der Waals surface area contributed by atoms with Crippen LogP contribution in [0.3, 0.4) is 0 Å². The number of hydrogen-bond acceptors (Lipinski definition) is 3. The molecule has 166 valence electrons. The van der Waals surface area contributed by atoms with Gasteiger partial charge in [0.2, 0.25) is 0 Å². The van der Waals surface area contributed by atoms with E-state index in [1.807, 2.05) is 12.1 Å². The molecule has 0 unspecified atom stereocenters. The minimum absolute atomic E-state index is 0. The molecule has 1 aromatic rings. The predicted molar refractivity (Wildman–Crippen MR) is 124 cm³/mol. The van der Waals surface area contributed by atoms with Crippen molar-refractivity contribution >= 4 is 29.9 Å². The van der Waals surface area contributed by atoms with Crippen molar-refractivity contribution in [1.82, 2.24) is 15.5 Å². The van der Waals surface area contributed by atoms with Gasteiger partial charge in [-0.2, -0.15) is 0 Å². The Kier molecular flexibility index (Phi) is 6.98. The Morgan fingerprint density at radius 3 is 2.37 bits per heavy atom. The molecule has 1 aromatic carbocycles. The van der Waals surface area contributed by atoms with Gasteiger partial charge >= 0.3 is 0 Å². The number of carbonyl (C=O) groups is 1. The fourth-order valence-electron chi connectivity index (χ4n) is 7.10. The third kappa shape index (κ3) is 4.82. The second kappa shape index (κ2) is 9.36. The quantitative estimate of drug-likeness (QED) is 0.668. The topological polar surface area (TPSA) is 44.4 Å². The summed E-state index contributed by atoms with van der Waals surface area (Å²) in [5.74, 6) is 2.89. The summed E-state index contributed by atoms with van der Waals surface area (Å²) in [5, 5.41) is 7.14. The molecule has 1 amide bonds. The number of rotatable bonds is 6. The molecule has 4 bridgehead atoms. The molecule has 0 radical (unpaired) electrons. The van der Waals surface area contributed by atoms with Crippen LogP contribution in [0.1, 0.15) is 60.9 Å². The Balaban J connectivity index is 0.00000218. The van der Waals surface area contributed by atoms with Crippen molar-refractivity contribution < 1.29 is 4.79 Å². The van der Waals surface area contributed by atoms with Crippen LogP contribution in [0.15, 0.2) is 18.2 Å². The van der Waals surface area contributed by atoms with E-state index in [4.69, 9.17) is 11.6 Å². The van der Waals surface area contributed by atoms with Crippen molar-refractivity contribution in [3.63, 3.8) is 0 Å². The summed E-state index contributed by atoms with van der Waals surface area (Å²) in [6.07, 6.45) is 9.75. The van der Waals surface area contributed by atoms with E-state index in [2.05, 4.69) is 21.6 Å². The Labute approximate surface area is 191 Å². The first-order chi connectivity index (χ1) is 14.1. The van der Waals surface area contributed by atoms with Crippen LogP contribution in [0.4, 0.5) is 0 Å². The third-order valence-corrected chi connectivity index (χ3v) is 8.33. The van der Waals surface area contributed by atoms with Crippen LogP contribution in [-0.4, -0.2) is 43.5 Å². The average molecular weight is 452 g/mol. The second-order valence-electron chi connectivity index (χ2n) is 10.3. The molecule has 6 heteroatoms. The number of nitrogens with one attached hydrogen (secondary N) is 2. The van der Waals surface area contributed by atoms with Gasteiger partial charge in [0, 0.05) is 39.3 Å². The van der Waals surface area contributed by atoms with Crippen molar-refractivity contribution in [2.75, 3.05) is 32.7 Å². The fourth-order valence-corrected chi connectivity index (χ4v) is 7.31. The van der Waals surface area contributed by atoms with Gasteiger partial charge in [-0.3, -0.25) is 9.69 Å². The smallest absolute Gasteiger partial charge is 0.252 e. The van der Waals surface area contributed by atoms with Crippen LogP contribution in [0.25, 0.3) is 0 Å². The lowest BCUT2D eigenvalue weighted by Gasteiger charge is -2.57. The van der Waals surface area contributed by atoms with Crippen LogP contribution >= 0.6 is 24.0 Å². The van der Waals surface area contributed by atoms with Crippen molar-refractivity contribution in [1.29, 1.82) is 0 Å². The first kappa shape index (κ1) is 22.4. The van der Waals surface area contributed by atoms with E-state index in [1.54, 1.807) is 0 Å². The Morgan fingerprint density at radius 1 is 1.10 bits per heavy atom. The van der Waals surface area contributed by atoms with Gasteiger partial charge in [-0.25, -0.2) is 0 Å². The highest BCUT2D eigenvalue weighted by atomic mass is 35.5. The monoisotopic (exact) mass is 451 g/mol. The first-order valence-electron chi connectivity index (χ1n) is 11.6. The maximum Gasteiger partial charge on any atom is 0.252 e. The zero-order chi connectivity index (χ0) is 19.8. The summed E-state index contributed by atoms with van der Waals surface area (Å²) in [6.45, 7) is 5.83. The molecule has 2 N–H and O–H groups in total. The highest BCUT2D eigenvalue weighted by Crippen LogP contribution is 2.61. The Morgan fingerprint density at radius 2 is 1.73 bits per heavy atom. The fraction of sp³-hybridized carbons (Fsp3) is 0.708. The Hall–Kier alpha value is -0.810. The molecule has 1 heterocycles. The van der Waals surface area contributed by atoms with Gasteiger partial charge in [-0.05, 0) is 85.8 Å². The van der Waals surface area contributed by atoms with Crippen molar-refractivity contribution in [2.45, 2.75) is 51.5 Å². The van der Waals surface area contributed by atoms with Crippen LogP contribution < -0.4 is 10.6 Å². The van der Waals surface area contributed by atoms with E-state index < -0.39 is 0 Å². The van der Waals surface area contributed by atoms with Crippen LogP contribution in [0.2, 0.25) is 5.02 Å². The summed E-state index contributed by atoms with van der Waals surface area (Å²) in [6, 6.07) is 5.92. The van der Waals surface area contributed by atoms with Crippen LogP contribution in [-0.2, 0) is 6.54 Å². The van der Waals surface area contributed by atoms with Crippen molar-refractivity contribution in [3.8, 4) is 0 Å². The zero-order valence-electron chi connectivity index (χ0n) is 17.8. The molecule has 4 aliphatic carbocycles. The third-order valence-electron chi connectivity index (χ3n) is 8.00. The minimum Gasteiger partial charge on any atom is -0.352 e. The highest BCUT2D eigenvalue weighted by Gasteiger charge is 2.50. The zero-order valence-corrected chi connectivity index (χ0v) is 19.4. The lowest BCUT2D eigenvalue weighted by molar-refractivity contribution is -0.0564. The van der Waals surface area contributed by atoms with Crippen molar-refractivity contribution in [2.24, 2.45) is 23.2 Å². The number of halogens is 2. The molecule has 1 aliphatic heterocycles. The molecule has 4 saturated carbocycles.